The molecule has 0 atom stereocenters. The van der Waals surface area contributed by atoms with Crippen LogP contribution >= 0.6 is 0 Å². The maximum absolute atomic E-state index is 11.7. The molecule has 1 aromatic heterocycles. The Balaban J connectivity index is 1.65. The molecular formula is C15H19N3O. The van der Waals surface area contributed by atoms with E-state index in [-0.39, 0.29) is 5.91 Å². The van der Waals surface area contributed by atoms with Gasteiger partial charge in [0.1, 0.15) is 5.82 Å². The van der Waals surface area contributed by atoms with Crippen molar-refractivity contribution < 1.29 is 4.79 Å². The molecule has 0 aliphatic carbocycles. The lowest BCUT2D eigenvalue weighted by atomic mass is 10.1. The fourth-order valence-corrected chi connectivity index (χ4v) is 1.87. The van der Waals surface area contributed by atoms with Crippen LogP contribution in [0.3, 0.4) is 0 Å². The minimum absolute atomic E-state index is 0.0725. The van der Waals surface area contributed by atoms with Crippen molar-refractivity contribution in [2.75, 3.05) is 6.54 Å². The Morgan fingerprint density at radius 3 is 2.79 bits per heavy atom. The molecule has 2 aromatic rings. The largest absolute Gasteiger partial charge is 0.356 e. The quantitative estimate of drug-likeness (QED) is 0.778. The molecule has 0 saturated carbocycles. The summed E-state index contributed by atoms with van der Waals surface area (Å²) in [6.45, 7) is 2.73. The molecule has 100 valence electrons. The third kappa shape index (κ3) is 4.58. The zero-order valence-electron chi connectivity index (χ0n) is 11.1. The fraction of sp³-hybridized carbons (Fsp3) is 0.333. The Hall–Kier alpha value is -2.10. The Labute approximate surface area is 113 Å². The number of amides is 1. The molecule has 2 N–H and O–H groups in total. The molecule has 4 heteroatoms. The summed E-state index contributed by atoms with van der Waals surface area (Å²) < 4.78 is 0. The third-order valence-corrected chi connectivity index (χ3v) is 2.95. The number of aromatic amines is 1. The normalized spacial score (nSPS) is 10.4. The van der Waals surface area contributed by atoms with Crippen LogP contribution in [0.25, 0.3) is 0 Å². The first-order valence-electron chi connectivity index (χ1n) is 6.54. The lowest BCUT2D eigenvalue weighted by Crippen LogP contribution is -2.26. The number of hydrogen-bond acceptors (Lipinski definition) is 2. The highest BCUT2D eigenvalue weighted by molar-refractivity contribution is 5.78. The van der Waals surface area contributed by atoms with Crippen LogP contribution in [0.15, 0.2) is 36.7 Å². The highest BCUT2D eigenvalue weighted by Gasteiger charge is 2.02. The van der Waals surface area contributed by atoms with Gasteiger partial charge in [-0.25, -0.2) is 4.98 Å². The van der Waals surface area contributed by atoms with Crippen LogP contribution in [0.4, 0.5) is 0 Å². The van der Waals surface area contributed by atoms with Gasteiger partial charge < -0.3 is 10.3 Å². The number of imidazole rings is 1. The van der Waals surface area contributed by atoms with Crippen LogP contribution in [-0.4, -0.2) is 22.4 Å². The van der Waals surface area contributed by atoms with E-state index in [1.807, 2.05) is 37.4 Å². The number of aromatic nitrogens is 2. The molecule has 0 unspecified atom stereocenters. The van der Waals surface area contributed by atoms with Gasteiger partial charge in [0, 0.05) is 25.4 Å². The molecule has 0 saturated heterocycles. The van der Waals surface area contributed by atoms with Crippen LogP contribution in [0.1, 0.15) is 23.4 Å². The maximum Gasteiger partial charge on any atom is 0.224 e. The zero-order chi connectivity index (χ0) is 13.5. The molecule has 0 fully saturated rings. The number of nitrogens with zero attached hydrogens (tertiary/aromatic N) is 1. The maximum atomic E-state index is 11.7. The van der Waals surface area contributed by atoms with Crippen LogP contribution in [-0.2, 0) is 17.6 Å². The van der Waals surface area contributed by atoms with E-state index in [1.165, 1.54) is 5.56 Å². The number of H-pyrrole nitrogens is 1. The number of benzene rings is 1. The molecule has 0 aliphatic heterocycles. The van der Waals surface area contributed by atoms with Crippen molar-refractivity contribution in [1.82, 2.24) is 15.3 Å². The molecule has 1 heterocycles. The van der Waals surface area contributed by atoms with E-state index in [4.69, 9.17) is 0 Å². The van der Waals surface area contributed by atoms with E-state index >= 15 is 0 Å². The van der Waals surface area contributed by atoms with Gasteiger partial charge in [-0.1, -0.05) is 29.8 Å². The van der Waals surface area contributed by atoms with Gasteiger partial charge in [-0.2, -0.15) is 0 Å². The van der Waals surface area contributed by atoms with Crippen molar-refractivity contribution in [3.05, 3.63) is 53.6 Å². The highest BCUT2D eigenvalue weighted by atomic mass is 16.1. The summed E-state index contributed by atoms with van der Waals surface area (Å²) >= 11 is 0. The third-order valence-electron chi connectivity index (χ3n) is 2.95. The minimum atomic E-state index is 0.0725. The van der Waals surface area contributed by atoms with Crippen molar-refractivity contribution >= 4 is 5.91 Å². The second-order valence-electron chi connectivity index (χ2n) is 4.65. The molecule has 19 heavy (non-hydrogen) atoms. The first kappa shape index (κ1) is 13.3. The average Bonchev–Trinajstić information content (AvgIpc) is 2.91. The van der Waals surface area contributed by atoms with E-state index in [9.17, 15) is 4.79 Å². The molecule has 2 rings (SSSR count). The van der Waals surface area contributed by atoms with E-state index in [1.54, 1.807) is 6.20 Å². The van der Waals surface area contributed by atoms with E-state index in [0.29, 0.717) is 13.0 Å². The van der Waals surface area contributed by atoms with E-state index in [0.717, 1.165) is 24.2 Å². The summed E-state index contributed by atoms with van der Waals surface area (Å²) in [6.07, 6.45) is 5.75. The molecule has 0 aliphatic rings. The van der Waals surface area contributed by atoms with Gasteiger partial charge in [-0.15, -0.1) is 0 Å². The van der Waals surface area contributed by atoms with Crippen molar-refractivity contribution in [2.24, 2.45) is 0 Å². The molecule has 0 radical (unpaired) electrons. The van der Waals surface area contributed by atoms with Gasteiger partial charge in [0.05, 0.1) is 6.42 Å². The first-order valence-corrected chi connectivity index (χ1v) is 6.54. The summed E-state index contributed by atoms with van der Waals surface area (Å²) in [5.74, 6) is 1.04. The number of nitrogens with one attached hydrogen (secondary N) is 2. The molecule has 4 nitrogen and oxygen atoms in total. The number of carbonyl (C=O) groups is 1. The first-order chi connectivity index (χ1) is 9.24. The predicted octanol–water partition coefficient (Wildman–Crippen LogP) is 2.01. The summed E-state index contributed by atoms with van der Waals surface area (Å²) in [7, 11) is 0. The SMILES string of the molecule is Cc1ccc(CC(=O)NCCCc2ncc[nH]2)cc1. The van der Waals surface area contributed by atoms with Crippen LogP contribution in [0, 0.1) is 6.92 Å². The average molecular weight is 257 g/mol. The molecular weight excluding hydrogens is 238 g/mol. The summed E-state index contributed by atoms with van der Waals surface area (Å²) in [5.41, 5.74) is 2.26. The Morgan fingerprint density at radius 2 is 2.11 bits per heavy atom. The molecule has 0 spiro atoms. The van der Waals surface area contributed by atoms with Crippen molar-refractivity contribution in [2.45, 2.75) is 26.2 Å². The van der Waals surface area contributed by atoms with Gasteiger partial charge in [0.2, 0.25) is 5.91 Å². The Bertz CT molecular complexity index is 503. The second kappa shape index (κ2) is 6.73. The highest BCUT2D eigenvalue weighted by Crippen LogP contribution is 2.03. The van der Waals surface area contributed by atoms with Crippen LogP contribution < -0.4 is 5.32 Å². The van der Waals surface area contributed by atoms with Gasteiger partial charge in [-0.05, 0) is 18.9 Å². The van der Waals surface area contributed by atoms with Crippen molar-refractivity contribution in [3.63, 3.8) is 0 Å². The molecule has 0 bridgehead atoms. The molecule has 1 amide bonds. The lowest BCUT2D eigenvalue weighted by molar-refractivity contribution is -0.120. The number of carbonyl (C=O) groups excluding carboxylic acids is 1. The Kier molecular flexibility index (Phi) is 4.72. The number of hydrogen-bond donors (Lipinski definition) is 2. The molecule has 1 aromatic carbocycles. The van der Waals surface area contributed by atoms with Gasteiger partial charge >= 0.3 is 0 Å². The second-order valence-corrected chi connectivity index (χ2v) is 4.65. The van der Waals surface area contributed by atoms with Gasteiger partial charge in [-0.3, -0.25) is 4.79 Å². The number of rotatable bonds is 6. The van der Waals surface area contributed by atoms with Crippen LogP contribution in [0.2, 0.25) is 0 Å². The standard InChI is InChI=1S/C15H19N3O/c1-12-4-6-13(7-5-12)11-15(19)18-8-2-3-14-16-9-10-17-14/h4-7,9-10H,2-3,8,11H2,1H3,(H,16,17)(H,18,19). The Morgan fingerprint density at radius 1 is 1.32 bits per heavy atom. The van der Waals surface area contributed by atoms with E-state index in [2.05, 4.69) is 15.3 Å². The monoisotopic (exact) mass is 257 g/mol. The fourth-order valence-electron chi connectivity index (χ4n) is 1.87. The smallest absolute Gasteiger partial charge is 0.224 e. The predicted molar refractivity (Wildman–Crippen MR) is 74.8 cm³/mol. The zero-order valence-corrected chi connectivity index (χ0v) is 11.1. The van der Waals surface area contributed by atoms with Gasteiger partial charge in [0.15, 0.2) is 0 Å². The summed E-state index contributed by atoms with van der Waals surface area (Å²) in [4.78, 5) is 18.9. The summed E-state index contributed by atoms with van der Waals surface area (Å²) in [6, 6.07) is 8.05. The van der Waals surface area contributed by atoms with Gasteiger partial charge in [0.25, 0.3) is 0 Å². The minimum Gasteiger partial charge on any atom is -0.356 e. The number of aryl methyl sites for hydroxylation is 2. The van der Waals surface area contributed by atoms with Crippen molar-refractivity contribution in [3.8, 4) is 0 Å². The van der Waals surface area contributed by atoms with Crippen molar-refractivity contribution in [1.29, 1.82) is 0 Å². The van der Waals surface area contributed by atoms with E-state index < -0.39 is 0 Å². The summed E-state index contributed by atoms with van der Waals surface area (Å²) in [5, 5.41) is 2.93. The van der Waals surface area contributed by atoms with Crippen LogP contribution in [0.5, 0.6) is 0 Å². The lowest BCUT2D eigenvalue weighted by Gasteiger charge is -2.05. The topological polar surface area (TPSA) is 57.8 Å².